The second-order valence-electron chi connectivity index (χ2n) is 5.64. The van der Waals surface area contributed by atoms with E-state index < -0.39 is 0 Å². The second kappa shape index (κ2) is 7.85. The number of nitrogens with one attached hydrogen (secondary N) is 1. The summed E-state index contributed by atoms with van der Waals surface area (Å²) >= 11 is 7.56. The molecule has 1 N–H and O–H groups in total. The van der Waals surface area contributed by atoms with Crippen LogP contribution in [0, 0.1) is 0 Å². The largest absolute Gasteiger partial charge is 0.491 e. The summed E-state index contributed by atoms with van der Waals surface area (Å²) in [5, 5.41) is 3.95. The van der Waals surface area contributed by atoms with Crippen LogP contribution in [0.4, 0.5) is 0 Å². The Labute approximate surface area is 164 Å². The Morgan fingerprint density at radius 2 is 1.85 bits per heavy atom. The van der Waals surface area contributed by atoms with Crippen LogP contribution in [0.1, 0.15) is 0 Å². The van der Waals surface area contributed by atoms with E-state index in [1.807, 2.05) is 48.5 Å². The molecule has 4 aromatic rings. The van der Waals surface area contributed by atoms with Crippen molar-refractivity contribution in [1.29, 1.82) is 0 Å². The van der Waals surface area contributed by atoms with E-state index in [9.17, 15) is 4.79 Å². The van der Waals surface area contributed by atoms with Crippen LogP contribution in [0.3, 0.4) is 0 Å². The molecule has 4 rings (SSSR count). The number of aromatic nitrogens is 4. The lowest BCUT2D eigenvalue weighted by Crippen LogP contribution is -2.07. The molecule has 0 atom stereocenters. The van der Waals surface area contributed by atoms with E-state index in [1.54, 1.807) is 10.6 Å². The normalized spacial score (nSPS) is 11.0. The highest BCUT2D eigenvalue weighted by molar-refractivity contribution is 7.99. The molecule has 0 saturated carbocycles. The smallest absolute Gasteiger partial charge is 0.266 e. The third-order valence-electron chi connectivity index (χ3n) is 3.77. The SMILES string of the molecule is O=c1cc2nc(-c3ccccc3)nc(SCCOc3ccccc3Cl)n2[nH]1. The molecular formula is C19H15ClN4O2S. The predicted octanol–water partition coefficient (Wildman–Crippen LogP) is 3.91. The van der Waals surface area contributed by atoms with Crippen molar-refractivity contribution in [3.8, 4) is 17.1 Å². The van der Waals surface area contributed by atoms with Crippen molar-refractivity contribution in [1.82, 2.24) is 19.6 Å². The van der Waals surface area contributed by atoms with Crippen molar-refractivity contribution >= 4 is 29.0 Å². The molecule has 8 heteroatoms. The average Bonchev–Trinajstić information content (AvgIpc) is 3.07. The maximum atomic E-state index is 11.7. The zero-order valence-electron chi connectivity index (χ0n) is 14.1. The summed E-state index contributed by atoms with van der Waals surface area (Å²) in [6.45, 7) is 0.450. The van der Waals surface area contributed by atoms with Crippen molar-refractivity contribution in [2.24, 2.45) is 0 Å². The molecule has 0 aliphatic carbocycles. The van der Waals surface area contributed by atoms with E-state index in [0.717, 1.165) is 5.56 Å². The summed E-state index contributed by atoms with van der Waals surface area (Å²) in [6, 6.07) is 18.5. The first-order valence-corrected chi connectivity index (χ1v) is 9.62. The number of para-hydroxylation sites is 1. The predicted molar refractivity (Wildman–Crippen MR) is 107 cm³/mol. The minimum absolute atomic E-state index is 0.219. The topological polar surface area (TPSA) is 72.3 Å². The Morgan fingerprint density at radius 3 is 2.67 bits per heavy atom. The van der Waals surface area contributed by atoms with Gasteiger partial charge in [-0.25, -0.2) is 14.5 Å². The van der Waals surface area contributed by atoms with E-state index in [2.05, 4.69) is 15.1 Å². The van der Waals surface area contributed by atoms with Crippen molar-refractivity contribution in [2.45, 2.75) is 5.16 Å². The maximum absolute atomic E-state index is 11.7. The van der Waals surface area contributed by atoms with Crippen LogP contribution in [0.5, 0.6) is 5.75 Å². The molecule has 2 aromatic heterocycles. The van der Waals surface area contributed by atoms with Gasteiger partial charge in [-0.05, 0) is 12.1 Å². The lowest BCUT2D eigenvalue weighted by atomic mass is 10.2. The van der Waals surface area contributed by atoms with Crippen LogP contribution in [-0.4, -0.2) is 31.9 Å². The quantitative estimate of drug-likeness (QED) is 0.394. The number of fused-ring (bicyclic) bond motifs is 1. The van der Waals surface area contributed by atoms with Crippen molar-refractivity contribution in [2.75, 3.05) is 12.4 Å². The van der Waals surface area contributed by atoms with Gasteiger partial charge < -0.3 is 4.74 Å². The van der Waals surface area contributed by atoms with Crippen molar-refractivity contribution in [3.63, 3.8) is 0 Å². The molecule has 0 fully saturated rings. The minimum atomic E-state index is -0.219. The minimum Gasteiger partial charge on any atom is -0.491 e. The lowest BCUT2D eigenvalue weighted by molar-refractivity contribution is 0.344. The fourth-order valence-corrected chi connectivity index (χ4v) is 3.50. The summed E-state index contributed by atoms with van der Waals surface area (Å²) in [6.07, 6.45) is 0. The van der Waals surface area contributed by atoms with E-state index in [0.29, 0.717) is 39.8 Å². The van der Waals surface area contributed by atoms with Gasteiger partial charge in [0, 0.05) is 17.4 Å². The van der Waals surface area contributed by atoms with Crippen LogP contribution in [0.2, 0.25) is 5.02 Å². The van der Waals surface area contributed by atoms with Gasteiger partial charge >= 0.3 is 0 Å². The van der Waals surface area contributed by atoms with Gasteiger partial charge in [-0.3, -0.25) is 9.89 Å². The maximum Gasteiger partial charge on any atom is 0.266 e. The highest BCUT2D eigenvalue weighted by Crippen LogP contribution is 2.24. The van der Waals surface area contributed by atoms with Crippen LogP contribution in [-0.2, 0) is 0 Å². The molecule has 6 nitrogen and oxygen atoms in total. The van der Waals surface area contributed by atoms with Crippen LogP contribution in [0.15, 0.2) is 70.6 Å². The highest BCUT2D eigenvalue weighted by atomic mass is 35.5. The van der Waals surface area contributed by atoms with Crippen LogP contribution < -0.4 is 10.3 Å². The molecule has 0 amide bonds. The van der Waals surface area contributed by atoms with Gasteiger partial charge in [0.05, 0.1) is 11.6 Å². The number of thioether (sulfide) groups is 1. The number of hydrogen-bond acceptors (Lipinski definition) is 5. The van der Waals surface area contributed by atoms with Gasteiger partial charge in [0.25, 0.3) is 5.56 Å². The first kappa shape index (κ1) is 17.6. The van der Waals surface area contributed by atoms with Gasteiger partial charge in [-0.2, -0.15) is 0 Å². The van der Waals surface area contributed by atoms with Gasteiger partial charge in [0.1, 0.15) is 5.75 Å². The summed E-state index contributed by atoms with van der Waals surface area (Å²) in [7, 11) is 0. The molecule has 0 unspecified atom stereocenters. The third kappa shape index (κ3) is 3.99. The summed E-state index contributed by atoms with van der Waals surface area (Å²) in [5.74, 6) is 1.85. The van der Waals surface area contributed by atoms with Gasteiger partial charge in [0.15, 0.2) is 16.6 Å². The van der Waals surface area contributed by atoms with Crippen molar-refractivity contribution < 1.29 is 4.74 Å². The number of H-pyrrole nitrogens is 1. The van der Waals surface area contributed by atoms with Gasteiger partial charge in [-0.1, -0.05) is 65.8 Å². The lowest BCUT2D eigenvalue weighted by Gasteiger charge is -2.09. The molecule has 0 spiro atoms. The fraction of sp³-hybridized carbons (Fsp3) is 0.105. The van der Waals surface area contributed by atoms with Crippen LogP contribution >= 0.6 is 23.4 Å². The van der Waals surface area contributed by atoms with E-state index in [4.69, 9.17) is 16.3 Å². The van der Waals surface area contributed by atoms with E-state index >= 15 is 0 Å². The molecule has 0 saturated heterocycles. The van der Waals surface area contributed by atoms with E-state index in [1.165, 1.54) is 17.8 Å². The Kier molecular flexibility index (Phi) is 5.13. The monoisotopic (exact) mass is 398 g/mol. The summed E-state index contributed by atoms with van der Waals surface area (Å²) < 4.78 is 7.31. The van der Waals surface area contributed by atoms with Crippen LogP contribution in [0.25, 0.3) is 17.0 Å². The first-order valence-electron chi connectivity index (χ1n) is 8.26. The molecule has 2 heterocycles. The number of halogens is 1. The number of rotatable bonds is 6. The molecule has 0 aliphatic heterocycles. The standard InChI is InChI=1S/C19H15ClN4O2S/c20-14-8-4-5-9-15(14)26-10-11-27-19-22-18(13-6-2-1-3-7-13)21-16-12-17(25)23-24(16)19/h1-9,12H,10-11H2,(H,23,25). The zero-order valence-corrected chi connectivity index (χ0v) is 15.7. The Morgan fingerprint density at radius 1 is 1.07 bits per heavy atom. The number of nitrogens with zero attached hydrogens (tertiary/aromatic N) is 3. The number of ether oxygens (including phenoxy) is 1. The highest BCUT2D eigenvalue weighted by Gasteiger charge is 2.11. The summed E-state index contributed by atoms with van der Waals surface area (Å²) in [4.78, 5) is 20.8. The first-order chi connectivity index (χ1) is 13.2. The molecule has 0 radical (unpaired) electrons. The zero-order chi connectivity index (χ0) is 18.6. The Balaban J connectivity index is 1.55. The molecular weight excluding hydrogens is 384 g/mol. The molecule has 136 valence electrons. The number of aromatic amines is 1. The Bertz CT molecular complexity index is 1130. The third-order valence-corrected chi connectivity index (χ3v) is 4.98. The van der Waals surface area contributed by atoms with Crippen molar-refractivity contribution in [3.05, 3.63) is 76.0 Å². The second-order valence-corrected chi connectivity index (χ2v) is 7.11. The number of benzene rings is 2. The van der Waals surface area contributed by atoms with Gasteiger partial charge in [0.2, 0.25) is 0 Å². The molecule has 2 aromatic carbocycles. The fourth-order valence-electron chi connectivity index (χ4n) is 2.54. The Hall–Kier alpha value is -2.77. The average molecular weight is 399 g/mol. The molecule has 27 heavy (non-hydrogen) atoms. The van der Waals surface area contributed by atoms with Gasteiger partial charge in [-0.15, -0.1) is 0 Å². The molecule has 0 aliphatic rings. The number of hydrogen-bond donors (Lipinski definition) is 1. The van der Waals surface area contributed by atoms with E-state index in [-0.39, 0.29) is 5.56 Å². The summed E-state index contributed by atoms with van der Waals surface area (Å²) in [5.41, 5.74) is 1.20. The molecule has 0 bridgehead atoms.